The second-order valence-corrected chi connectivity index (χ2v) is 6.40. The van der Waals surface area contributed by atoms with E-state index in [1.807, 2.05) is 60.7 Å². The summed E-state index contributed by atoms with van der Waals surface area (Å²) in [6.45, 7) is 0. The van der Waals surface area contributed by atoms with Crippen molar-refractivity contribution in [2.75, 3.05) is 5.32 Å². The lowest BCUT2D eigenvalue weighted by molar-refractivity contribution is 0.0879. The average Bonchev–Trinajstić information content (AvgIpc) is 3.01. The molecule has 138 valence electrons. The standard InChI is InChI=1S/C22H17N3O3/c26-20-17-12-11-16(13-18(17)21(27)25-20)23-22(28)24-19(14-7-3-1-4-8-14)15-9-5-2-6-10-15/h1-13,19H,(H2,23,24,28)(H,25,26,27). The zero-order chi connectivity index (χ0) is 19.5. The van der Waals surface area contributed by atoms with Crippen LogP contribution < -0.4 is 16.0 Å². The molecule has 3 aromatic rings. The molecule has 1 aliphatic heterocycles. The number of carbonyl (C=O) groups is 3. The van der Waals surface area contributed by atoms with Crippen molar-refractivity contribution < 1.29 is 14.4 Å². The number of anilines is 1. The third-order valence-electron chi connectivity index (χ3n) is 4.53. The highest BCUT2D eigenvalue weighted by atomic mass is 16.2. The van der Waals surface area contributed by atoms with Gasteiger partial charge in [0.1, 0.15) is 0 Å². The van der Waals surface area contributed by atoms with Gasteiger partial charge in [-0.15, -0.1) is 0 Å². The van der Waals surface area contributed by atoms with Gasteiger partial charge in [-0.25, -0.2) is 4.79 Å². The monoisotopic (exact) mass is 371 g/mol. The summed E-state index contributed by atoms with van der Waals surface area (Å²) < 4.78 is 0. The van der Waals surface area contributed by atoms with Crippen LogP contribution in [0.1, 0.15) is 37.9 Å². The molecule has 28 heavy (non-hydrogen) atoms. The van der Waals surface area contributed by atoms with Crippen LogP contribution in [0.15, 0.2) is 78.9 Å². The van der Waals surface area contributed by atoms with Gasteiger partial charge in [-0.1, -0.05) is 60.7 Å². The highest BCUT2D eigenvalue weighted by Crippen LogP contribution is 2.23. The van der Waals surface area contributed by atoms with Gasteiger partial charge in [0.2, 0.25) is 0 Å². The fourth-order valence-corrected chi connectivity index (χ4v) is 3.19. The molecular formula is C22H17N3O3. The lowest BCUT2D eigenvalue weighted by atomic mass is 9.99. The first-order valence-electron chi connectivity index (χ1n) is 8.79. The van der Waals surface area contributed by atoms with Crippen LogP contribution in [0.4, 0.5) is 10.5 Å². The molecule has 0 saturated carbocycles. The topological polar surface area (TPSA) is 87.3 Å². The van der Waals surface area contributed by atoms with Gasteiger partial charge in [0, 0.05) is 5.69 Å². The third-order valence-corrected chi connectivity index (χ3v) is 4.53. The van der Waals surface area contributed by atoms with E-state index < -0.39 is 17.8 Å². The van der Waals surface area contributed by atoms with E-state index in [2.05, 4.69) is 16.0 Å². The maximum absolute atomic E-state index is 12.6. The second kappa shape index (κ2) is 7.36. The van der Waals surface area contributed by atoms with Crippen LogP contribution in [0.2, 0.25) is 0 Å². The molecule has 0 aliphatic carbocycles. The van der Waals surface area contributed by atoms with Crippen molar-refractivity contribution in [3.05, 3.63) is 101 Å². The van der Waals surface area contributed by atoms with Gasteiger partial charge in [0.05, 0.1) is 17.2 Å². The summed E-state index contributed by atoms with van der Waals surface area (Å²) in [5.41, 5.74) is 2.89. The molecule has 3 aromatic carbocycles. The smallest absolute Gasteiger partial charge is 0.319 e. The van der Waals surface area contributed by atoms with Crippen LogP contribution in [0.5, 0.6) is 0 Å². The zero-order valence-corrected chi connectivity index (χ0v) is 14.8. The molecule has 4 amide bonds. The molecule has 6 nitrogen and oxygen atoms in total. The number of urea groups is 1. The largest absolute Gasteiger partial charge is 0.327 e. The Labute approximate surface area is 161 Å². The molecule has 4 rings (SSSR count). The van der Waals surface area contributed by atoms with Gasteiger partial charge in [0.15, 0.2) is 0 Å². The van der Waals surface area contributed by atoms with Crippen molar-refractivity contribution in [2.45, 2.75) is 6.04 Å². The van der Waals surface area contributed by atoms with Crippen molar-refractivity contribution >= 4 is 23.5 Å². The number of carbonyl (C=O) groups excluding carboxylic acids is 3. The maximum atomic E-state index is 12.6. The Morgan fingerprint density at radius 1 is 0.750 bits per heavy atom. The van der Waals surface area contributed by atoms with E-state index in [0.717, 1.165) is 11.1 Å². The number of hydrogen-bond acceptors (Lipinski definition) is 3. The zero-order valence-electron chi connectivity index (χ0n) is 14.8. The molecule has 6 heteroatoms. The van der Waals surface area contributed by atoms with Crippen molar-refractivity contribution in [3.63, 3.8) is 0 Å². The molecule has 0 spiro atoms. The summed E-state index contributed by atoms with van der Waals surface area (Å²) in [5, 5.41) is 7.94. The highest BCUT2D eigenvalue weighted by molar-refractivity contribution is 6.22. The average molecular weight is 371 g/mol. The third kappa shape index (κ3) is 3.48. The fourth-order valence-electron chi connectivity index (χ4n) is 3.19. The van der Waals surface area contributed by atoms with E-state index >= 15 is 0 Å². The van der Waals surface area contributed by atoms with E-state index in [0.29, 0.717) is 11.3 Å². The molecule has 0 bridgehead atoms. The number of hydrogen-bond donors (Lipinski definition) is 3. The first-order valence-corrected chi connectivity index (χ1v) is 8.79. The molecule has 0 radical (unpaired) electrons. The molecule has 0 unspecified atom stereocenters. The Kier molecular flexibility index (Phi) is 4.60. The summed E-state index contributed by atoms with van der Waals surface area (Å²) in [5.74, 6) is -0.889. The Bertz CT molecular complexity index is 1010. The number of nitrogens with one attached hydrogen (secondary N) is 3. The molecule has 0 atom stereocenters. The lowest BCUT2D eigenvalue weighted by Gasteiger charge is -2.20. The van der Waals surface area contributed by atoms with Crippen LogP contribution in [0.25, 0.3) is 0 Å². The number of benzene rings is 3. The summed E-state index contributed by atoms with van der Waals surface area (Å²) in [6, 6.07) is 23.2. The summed E-state index contributed by atoms with van der Waals surface area (Å²) in [7, 11) is 0. The first kappa shape index (κ1) is 17.5. The van der Waals surface area contributed by atoms with Crippen molar-refractivity contribution in [1.29, 1.82) is 0 Å². The van der Waals surface area contributed by atoms with Crippen LogP contribution in [-0.4, -0.2) is 17.8 Å². The Balaban J connectivity index is 1.55. The summed E-state index contributed by atoms with van der Waals surface area (Å²) >= 11 is 0. The lowest BCUT2D eigenvalue weighted by Crippen LogP contribution is -2.33. The van der Waals surface area contributed by atoms with Crippen LogP contribution in [0.3, 0.4) is 0 Å². The quantitative estimate of drug-likeness (QED) is 0.614. The van der Waals surface area contributed by atoms with Crippen LogP contribution in [-0.2, 0) is 0 Å². The molecule has 0 fully saturated rings. The molecule has 1 aliphatic rings. The Hall–Kier alpha value is -3.93. The summed E-state index contributed by atoms with van der Waals surface area (Å²) in [4.78, 5) is 36.1. The SMILES string of the molecule is O=C(Nc1ccc2c(c1)C(=O)NC2=O)NC(c1ccccc1)c1ccccc1. The second-order valence-electron chi connectivity index (χ2n) is 6.40. The van der Waals surface area contributed by atoms with Gasteiger partial charge < -0.3 is 10.6 Å². The predicted octanol–water partition coefficient (Wildman–Crippen LogP) is 3.48. The Morgan fingerprint density at radius 3 is 1.93 bits per heavy atom. The van der Waals surface area contributed by atoms with Gasteiger partial charge >= 0.3 is 6.03 Å². The minimum atomic E-state index is -0.462. The maximum Gasteiger partial charge on any atom is 0.319 e. The first-order chi connectivity index (χ1) is 13.6. The minimum Gasteiger partial charge on any atom is -0.327 e. The fraction of sp³-hybridized carbons (Fsp3) is 0.0455. The van der Waals surface area contributed by atoms with E-state index in [1.54, 1.807) is 6.07 Å². The highest BCUT2D eigenvalue weighted by Gasteiger charge is 2.27. The molecule has 3 N–H and O–H groups in total. The van der Waals surface area contributed by atoms with E-state index in [-0.39, 0.29) is 11.6 Å². The number of amides is 4. The van der Waals surface area contributed by atoms with Crippen molar-refractivity contribution in [1.82, 2.24) is 10.6 Å². The Morgan fingerprint density at radius 2 is 1.32 bits per heavy atom. The van der Waals surface area contributed by atoms with Gasteiger partial charge in [-0.05, 0) is 29.3 Å². The van der Waals surface area contributed by atoms with Gasteiger partial charge in [-0.2, -0.15) is 0 Å². The molecule has 0 aromatic heterocycles. The van der Waals surface area contributed by atoms with Crippen molar-refractivity contribution in [2.24, 2.45) is 0 Å². The molecule has 0 saturated heterocycles. The normalized spacial score (nSPS) is 12.5. The van der Waals surface area contributed by atoms with E-state index in [9.17, 15) is 14.4 Å². The minimum absolute atomic E-state index is 0.255. The van der Waals surface area contributed by atoms with Crippen molar-refractivity contribution in [3.8, 4) is 0 Å². The van der Waals surface area contributed by atoms with E-state index in [1.165, 1.54) is 12.1 Å². The number of imide groups is 1. The predicted molar refractivity (Wildman–Crippen MR) is 105 cm³/mol. The van der Waals surface area contributed by atoms with E-state index in [4.69, 9.17) is 0 Å². The van der Waals surface area contributed by atoms with Gasteiger partial charge in [-0.3, -0.25) is 14.9 Å². The van der Waals surface area contributed by atoms with Crippen LogP contribution in [0, 0.1) is 0 Å². The van der Waals surface area contributed by atoms with Gasteiger partial charge in [0.25, 0.3) is 11.8 Å². The summed E-state index contributed by atoms with van der Waals surface area (Å²) in [6.07, 6.45) is 0. The number of rotatable bonds is 4. The number of fused-ring (bicyclic) bond motifs is 1. The van der Waals surface area contributed by atoms with Crippen LogP contribution >= 0.6 is 0 Å². The molecular weight excluding hydrogens is 354 g/mol. The molecule has 1 heterocycles.